The van der Waals surface area contributed by atoms with Crippen molar-refractivity contribution in [2.75, 3.05) is 5.32 Å². The van der Waals surface area contributed by atoms with Crippen LogP contribution in [0, 0.1) is 6.92 Å². The van der Waals surface area contributed by atoms with Crippen molar-refractivity contribution in [2.24, 2.45) is 0 Å². The molecule has 0 atom stereocenters. The third-order valence-corrected chi connectivity index (χ3v) is 2.86. The predicted molar refractivity (Wildman–Crippen MR) is 72.7 cm³/mol. The van der Waals surface area contributed by atoms with Gasteiger partial charge in [0.2, 0.25) is 0 Å². The molecule has 0 spiro atoms. The molecule has 4 nitrogen and oxygen atoms in total. The minimum absolute atomic E-state index is 0.465. The average Bonchev–Trinajstić information content (AvgIpc) is 2.37. The third-order valence-electron chi connectivity index (χ3n) is 2.66. The Morgan fingerprint density at radius 1 is 1.33 bits per heavy atom. The van der Waals surface area contributed by atoms with Gasteiger partial charge in [0.15, 0.2) is 0 Å². The van der Waals surface area contributed by atoms with Gasteiger partial charge in [0.1, 0.15) is 16.8 Å². The number of anilines is 1. The maximum absolute atomic E-state index is 5.94. The van der Waals surface area contributed by atoms with Gasteiger partial charge in [-0.05, 0) is 24.1 Å². The van der Waals surface area contributed by atoms with Gasteiger partial charge in [0.05, 0.1) is 0 Å². The molecular formula is C13H15ClN4. The van der Waals surface area contributed by atoms with E-state index in [1.807, 2.05) is 19.2 Å². The average molecular weight is 263 g/mol. The highest BCUT2D eigenvalue weighted by atomic mass is 35.5. The molecule has 0 aliphatic carbocycles. The monoisotopic (exact) mass is 262 g/mol. The number of rotatable bonds is 4. The molecule has 0 aromatic carbocycles. The molecule has 2 rings (SSSR count). The summed E-state index contributed by atoms with van der Waals surface area (Å²) in [6, 6.07) is 3.72. The highest BCUT2D eigenvalue weighted by Gasteiger charge is 2.03. The van der Waals surface area contributed by atoms with E-state index >= 15 is 0 Å². The molecule has 2 aromatic rings. The summed E-state index contributed by atoms with van der Waals surface area (Å²) in [6.45, 7) is 4.74. The van der Waals surface area contributed by atoms with Crippen LogP contribution in [0.25, 0.3) is 0 Å². The van der Waals surface area contributed by atoms with E-state index in [0.29, 0.717) is 11.7 Å². The zero-order chi connectivity index (χ0) is 13.0. The van der Waals surface area contributed by atoms with Crippen LogP contribution < -0.4 is 5.32 Å². The van der Waals surface area contributed by atoms with Gasteiger partial charge in [-0.25, -0.2) is 9.97 Å². The van der Waals surface area contributed by atoms with E-state index in [1.54, 1.807) is 12.3 Å². The highest BCUT2D eigenvalue weighted by molar-refractivity contribution is 6.29. The second kappa shape index (κ2) is 5.78. The molecule has 2 heterocycles. The molecule has 0 aliphatic rings. The zero-order valence-corrected chi connectivity index (χ0v) is 11.2. The lowest BCUT2D eigenvalue weighted by molar-refractivity contribution is 0.931. The van der Waals surface area contributed by atoms with Gasteiger partial charge in [-0.15, -0.1) is 0 Å². The molecule has 0 saturated heterocycles. The van der Waals surface area contributed by atoms with Crippen molar-refractivity contribution in [1.82, 2.24) is 15.0 Å². The Morgan fingerprint density at radius 3 is 2.89 bits per heavy atom. The van der Waals surface area contributed by atoms with Crippen LogP contribution in [-0.4, -0.2) is 15.0 Å². The Hall–Kier alpha value is -1.68. The topological polar surface area (TPSA) is 50.7 Å². The quantitative estimate of drug-likeness (QED) is 0.861. The second-order valence-electron chi connectivity index (χ2n) is 4.00. The molecular weight excluding hydrogens is 248 g/mol. The Morgan fingerprint density at radius 2 is 2.17 bits per heavy atom. The van der Waals surface area contributed by atoms with Crippen LogP contribution in [0.15, 0.2) is 24.5 Å². The Balaban J connectivity index is 2.11. The van der Waals surface area contributed by atoms with Crippen LogP contribution in [-0.2, 0) is 13.0 Å². The van der Waals surface area contributed by atoms with E-state index < -0.39 is 0 Å². The molecule has 0 unspecified atom stereocenters. The first-order valence-corrected chi connectivity index (χ1v) is 6.23. The largest absolute Gasteiger partial charge is 0.366 e. The van der Waals surface area contributed by atoms with Crippen molar-refractivity contribution < 1.29 is 0 Å². The van der Waals surface area contributed by atoms with Gasteiger partial charge in [0.25, 0.3) is 0 Å². The molecule has 18 heavy (non-hydrogen) atoms. The minimum atomic E-state index is 0.465. The first-order chi connectivity index (χ1) is 8.69. The normalized spacial score (nSPS) is 10.4. The van der Waals surface area contributed by atoms with Crippen molar-refractivity contribution in [1.29, 1.82) is 0 Å². The first kappa shape index (κ1) is 12.8. The molecule has 2 aromatic heterocycles. The van der Waals surface area contributed by atoms with Crippen LogP contribution in [0.1, 0.15) is 23.9 Å². The SMILES string of the molecule is CCc1nc(Cl)cc(NCc2cnccc2C)n1. The molecule has 94 valence electrons. The van der Waals surface area contributed by atoms with E-state index in [2.05, 4.69) is 27.2 Å². The summed E-state index contributed by atoms with van der Waals surface area (Å²) < 4.78 is 0. The number of halogens is 1. The summed E-state index contributed by atoms with van der Waals surface area (Å²) in [5.74, 6) is 1.49. The van der Waals surface area contributed by atoms with Crippen LogP contribution in [0.2, 0.25) is 5.15 Å². The number of nitrogens with one attached hydrogen (secondary N) is 1. The molecule has 1 N–H and O–H groups in total. The van der Waals surface area contributed by atoms with E-state index in [9.17, 15) is 0 Å². The third kappa shape index (κ3) is 3.17. The molecule has 0 fully saturated rings. The van der Waals surface area contributed by atoms with Gasteiger partial charge >= 0.3 is 0 Å². The van der Waals surface area contributed by atoms with Crippen molar-refractivity contribution >= 4 is 17.4 Å². The number of aryl methyl sites for hydroxylation is 2. The summed E-state index contributed by atoms with van der Waals surface area (Å²) >= 11 is 5.94. The molecule has 0 saturated carbocycles. The highest BCUT2D eigenvalue weighted by Crippen LogP contribution is 2.14. The van der Waals surface area contributed by atoms with Crippen LogP contribution in [0.5, 0.6) is 0 Å². The van der Waals surface area contributed by atoms with Gasteiger partial charge in [0, 0.05) is 31.4 Å². The standard InChI is InChI=1S/C13H15ClN4/c1-3-12-17-11(14)6-13(18-12)16-8-10-7-15-5-4-9(10)2/h4-7H,3,8H2,1-2H3,(H,16,17,18). The fraction of sp³-hybridized carbons (Fsp3) is 0.308. The molecule has 0 bridgehead atoms. The van der Waals surface area contributed by atoms with Gasteiger partial charge in [-0.1, -0.05) is 18.5 Å². The molecule has 0 aliphatic heterocycles. The Bertz CT molecular complexity index is 542. The molecule has 0 amide bonds. The number of nitrogens with zero attached hydrogens (tertiary/aromatic N) is 3. The number of hydrogen-bond donors (Lipinski definition) is 1. The molecule has 0 radical (unpaired) electrons. The lowest BCUT2D eigenvalue weighted by Gasteiger charge is -2.08. The Labute approximate surface area is 111 Å². The van der Waals surface area contributed by atoms with E-state index in [-0.39, 0.29) is 0 Å². The summed E-state index contributed by atoms with van der Waals surface area (Å²) in [6.07, 6.45) is 4.41. The van der Waals surface area contributed by atoms with Crippen molar-refractivity contribution in [3.05, 3.63) is 46.6 Å². The minimum Gasteiger partial charge on any atom is -0.366 e. The lowest BCUT2D eigenvalue weighted by atomic mass is 10.1. The van der Waals surface area contributed by atoms with Gasteiger partial charge in [-0.2, -0.15) is 0 Å². The Kier molecular flexibility index (Phi) is 4.10. The van der Waals surface area contributed by atoms with Gasteiger partial charge in [-0.3, -0.25) is 4.98 Å². The second-order valence-corrected chi connectivity index (χ2v) is 4.39. The summed E-state index contributed by atoms with van der Waals surface area (Å²) in [7, 11) is 0. The van der Waals surface area contributed by atoms with Crippen molar-refractivity contribution in [2.45, 2.75) is 26.8 Å². The zero-order valence-electron chi connectivity index (χ0n) is 10.4. The predicted octanol–water partition coefficient (Wildman–Crippen LogP) is 3.01. The smallest absolute Gasteiger partial charge is 0.134 e. The molecule has 5 heteroatoms. The van der Waals surface area contributed by atoms with Crippen molar-refractivity contribution in [3.63, 3.8) is 0 Å². The summed E-state index contributed by atoms with van der Waals surface area (Å²) in [5, 5.41) is 3.71. The van der Waals surface area contributed by atoms with Crippen LogP contribution in [0.3, 0.4) is 0 Å². The maximum atomic E-state index is 5.94. The van der Waals surface area contributed by atoms with Crippen LogP contribution in [0.4, 0.5) is 5.82 Å². The first-order valence-electron chi connectivity index (χ1n) is 5.86. The van der Waals surface area contributed by atoms with Crippen molar-refractivity contribution in [3.8, 4) is 0 Å². The summed E-state index contributed by atoms with van der Waals surface area (Å²) in [5.41, 5.74) is 2.35. The summed E-state index contributed by atoms with van der Waals surface area (Å²) in [4.78, 5) is 12.6. The fourth-order valence-corrected chi connectivity index (χ4v) is 1.78. The number of pyridine rings is 1. The maximum Gasteiger partial charge on any atom is 0.134 e. The van der Waals surface area contributed by atoms with E-state index in [0.717, 1.165) is 23.6 Å². The number of hydrogen-bond acceptors (Lipinski definition) is 4. The number of aromatic nitrogens is 3. The van der Waals surface area contributed by atoms with E-state index in [1.165, 1.54) is 5.56 Å². The lowest BCUT2D eigenvalue weighted by Crippen LogP contribution is -2.05. The fourth-order valence-electron chi connectivity index (χ4n) is 1.58. The van der Waals surface area contributed by atoms with Crippen LogP contribution >= 0.6 is 11.6 Å². The van der Waals surface area contributed by atoms with Gasteiger partial charge < -0.3 is 5.32 Å². The van der Waals surface area contributed by atoms with E-state index in [4.69, 9.17) is 11.6 Å².